The predicted octanol–water partition coefficient (Wildman–Crippen LogP) is 4.09. The molecular formula is C26H31N5O2S. The number of aryl methyl sites for hydroxylation is 1. The SMILES string of the molecule is Cc1csc(C2CCCN2C(=O)c2cc(C(=O)NCCC3(C)CCN3)cc(-n3cccc3)c2)n1. The van der Waals surface area contributed by atoms with Crippen molar-refractivity contribution < 1.29 is 9.59 Å². The van der Waals surface area contributed by atoms with Crippen LogP contribution in [0.1, 0.15) is 70.1 Å². The monoisotopic (exact) mass is 477 g/mol. The molecule has 5 rings (SSSR count). The number of thiazole rings is 1. The molecule has 2 unspecified atom stereocenters. The molecule has 0 aliphatic carbocycles. The van der Waals surface area contributed by atoms with E-state index in [1.54, 1.807) is 17.4 Å². The number of nitrogens with zero attached hydrogens (tertiary/aromatic N) is 3. The summed E-state index contributed by atoms with van der Waals surface area (Å²) in [7, 11) is 0. The van der Waals surface area contributed by atoms with E-state index < -0.39 is 0 Å². The van der Waals surface area contributed by atoms with E-state index >= 15 is 0 Å². The molecule has 0 saturated carbocycles. The van der Waals surface area contributed by atoms with Crippen molar-refractivity contribution >= 4 is 23.2 Å². The van der Waals surface area contributed by atoms with Crippen LogP contribution in [0.2, 0.25) is 0 Å². The Morgan fingerprint density at radius 3 is 2.68 bits per heavy atom. The van der Waals surface area contributed by atoms with Crippen molar-refractivity contribution in [3.05, 3.63) is 69.9 Å². The van der Waals surface area contributed by atoms with Crippen LogP contribution in [0.15, 0.2) is 48.1 Å². The lowest BCUT2D eigenvalue weighted by molar-refractivity contribution is 0.0735. The smallest absolute Gasteiger partial charge is 0.254 e. The second kappa shape index (κ2) is 9.35. The van der Waals surface area contributed by atoms with E-state index in [2.05, 4.69) is 22.5 Å². The first-order valence-electron chi connectivity index (χ1n) is 12.0. The number of benzene rings is 1. The number of nitrogens with one attached hydrogen (secondary N) is 2. The number of likely N-dealkylation sites (tertiary alicyclic amines) is 1. The number of carbonyl (C=O) groups is 2. The van der Waals surface area contributed by atoms with E-state index in [0.717, 1.165) is 48.6 Å². The zero-order chi connectivity index (χ0) is 23.7. The summed E-state index contributed by atoms with van der Waals surface area (Å²) in [4.78, 5) is 33.3. The minimum absolute atomic E-state index is 0.00516. The summed E-state index contributed by atoms with van der Waals surface area (Å²) in [6.07, 6.45) is 7.71. The van der Waals surface area contributed by atoms with Gasteiger partial charge < -0.3 is 20.1 Å². The molecule has 8 heteroatoms. The molecule has 34 heavy (non-hydrogen) atoms. The van der Waals surface area contributed by atoms with Gasteiger partial charge in [0.2, 0.25) is 0 Å². The summed E-state index contributed by atoms with van der Waals surface area (Å²) in [6.45, 7) is 6.49. The molecule has 2 aliphatic rings. The first-order valence-corrected chi connectivity index (χ1v) is 12.8. The summed E-state index contributed by atoms with van der Waals surface area (Å²) in [5.74, 6) is -0.205. The summed E-state index contributed by atoms with van der Waals surface area (Å²) in [6, 6.07) is 9.32. The molecule has 0 bridgehead atoms. The van der Waals surface area contributed by atoms with Gasteiger partial charge in [-0.05, 0) is 76.4 Å². The highest BCUT2D eigenvalue weighted by Gasteiger charge is 2.33. The predicted molar refractivity (Wildman–Crippen MR) is 134 cm³/mol. The van der Waals surface area contributed by atoms with E-state index in [1.807, 2.05) is 58.4 Å². The number of aromatic nitrogens is 2. The van der Waals surface area contributed by atoms with Gasteiger partial charge in [0.05, 0.1) is 6.04 Å². The fourth-order valence-corrected chi connectivity index (χ4v) is 5.74. The van der Waals surface area contributed by atoms with Crippen molar-refractivity contribution in [2.75, 3.05) is 19.6 Å². The van der Waals surface area contributed by atoms with Crippen molar-refractivity contribution in [2.24, 2.45) is 0 Å². The van der Waals surface area contributed by atoms with E-state index in [-0.39, 0.29) is 23.4 Å². The summed E-state index contributed by atoms with van der Waals surface area (Å²) in [5, 5.41) is 9.50. The number of amides is 2. The normalized spacial score (nSPS) is 21.9. The maximum Gasteiger partial charge on any atom is 0.254 e. The summed E-state index contributed by atoms with van der Waals surface area (Å²) in [5.41, 5.74) is 2.93. The molecule has 2 aromatic heterocycles. The van der Waals surface area contributed by atoms with Crippen LogP contribution in [0.25, 0.3) is 5.69 Å². The topological polar surface area (TPSA) is 79.3 Å². The second-order valence-corrected chi connectivity index (χ2v) is 10.5. The maximum absolute atomic E-state index is 13.7. The van der Waals surface area contributed by atoms with Gasteiger partial charge in [-0.2, -0.15) is 0 Å². The van der Waals surface area contributed by atoms with Crippen LogP contribution in [0.3, 0.4) is 0 Å². The van der Waals surface area contributed by atoms with Crippen LogP contribution in [0, 0.1) is 6.92 Å². The lowest BCUT2D eigenvalue weighted by atomic mass is 9.87. The Labute approximate surface area is 204 Å². The zero-order valence-electron chi connectivity index (χ0n) is 19.7. The molecule has 0 spiro atoms. The van der Waals surface area contributed by atoms with Crippen LogP contribution in [-0.2, 0) is 0 Å². The lowest BCUT2D eigenvalue weighted by Gasteiger charge is -2.40. The minimum Gasteiger partial charge on any atom is -0.352 e. The third-order valence-corrected chi connectivity index (χ3v) is 8.02. The Hall–Kier alpha value is -2.97. The van der Waals surface area contributed by atoms with Crippen LogP contribution in [-0.4, -0.2) is 51.4 Å². The fraction of sp³-hybridized carbons (Fsp3) is 0.423. The van der Waals surface area contributed by atoms with E-state index in [0.29, 0.717) is 24.2 Å². The Bertz CT molecular complexity index is 1180. The van der Waals surface area contributed by atoms with Crippen molar-refractivity contribution in [3.63, 3.8) is 0 Å². The molecule has 2 fully saturated rings. The molecule has 178 valence electrons. The first kappa shape index (κ1) is 22.8. The molecule has 3 aromatic rings. The van der Waals surface area contributed by atoms with Gasteiger partial charge in [0.15, 0.2) is 0 Å². The van der Waals surface area contributed by atoms with Crippen LogP contribution < -0.4 is 10.6 Å². The molecule has 2 aliphatic heterocycles. The van der Waals surface area contributed by atoms with Gasteiger partial charge in [-0.1, -0.05) is 0 Å². The quantitative estimate of drug-likeness (QED) is 0.537. The molecule has 2 N–H and O–H groups in total. The van der Waals surface area contributed by atoms with Crippen molar-refractivity contribution in [2.45, 2.75) is 51.1 Å². The molecule has 0 radical (unpaired) electrons. The Balaban J connectivity index is 1.40. The third kappa shape index (κ3) is 4.65. The van der Waals surface area contributed by atoms with Crippen molar-refractivity contribution in [1.29, 1.82) is 0 Å². The molecule has 1 aromatic carbocycles. The van der Waals surface area contributed by atoms with Gasteiger partial charge in [0.1, 0.15) is 5.01 Å². The highest BCUT2D eigenvalue weighted by molar-refractivity contribution is 7.09. The molecule has 2 saturated heterocycles. The van der Waals surface area contributed by atoms with E-state index in [4.69, 9.17) is 0 Å². The summed E-state index contributed by atoms with van der Waals surface area (Å²) >= 11 is 1.61. The molecule has 4 heterocycles. The molecule has 7 nitrogen and oxygen atoms in total. The lowest BCUT2D eigenvalue weighted by Crippen LogP contribution is -2.55. The highest BCUT2D eigenvalue weighted by Crippen LogP contribution is 2.35. The largest absolute Gasteiger partial charge is 0.352 e. The summed E-state index contributed by atoms with van der Waals surface area (Å²) < 4.78 is 1.93. The fourth-order valence-electron chi connectivity index (χ4n) is 4.80. The Morgan fingerprint density at radius 2 is 2.00 bits per heavy atom. The van der Waals surface area contributed by atoms with Crippen LogP contribution in [0.4, 0.5) is 0 Å². The zero-order valence-corrected chi connectivity index (χ0v) is 20.5. The molecular weight excluding hydrogens is 446 g/mol. The Morgan fingerprint density at radius 1 is 1.24 bits per heavy atom. The number of carbonyl (C=O) groups excluding carboxylic acids is 2. The van der Waals surface area contributed by atoms with Gasteiger partial charge in [-0.25, -0.2) is 4.98 Å². The minimum atomic E-state index is -0.153. The van der Waals surface area contributed by atoms with Gasteiger partial charge in [0, 0.05) is 58.9 Å². The molecule has 2 atom stereocenters. The second-order valence-electron chi connectivity index (χ2n) is 9.59. The first-order chi connectivity index (χ1) is 16.4. The van der Waals surface area contributed by atoms with Crippen molar-refractivity contribution in [3.8, 4) is 5.69 Å². The standard InChI is InChI=1S/C26H31N5O2S/c1-18-17-34-24(29-18)22-6-5-13-31(22)25(33)20-14-19(15-21(16-20)30-11-3-4-12-30)23(32)27-9-7-26(2)8-10-28-26/h3-4,11-12,14-17,22,28H,5-10,13H2,1-2H3,(H,27,32). The maximum atomic E-state index is 13.7. The van der Waals surface area contributed by atoms with Gasteiger partial charge in [-0.3, -0.25) is 9.59 Å². The van der Waals surface area contributed by atoms with Crippen molar-refractivity contribution in [1.82, 2.24) is 25.1 Å². The average molecular weight is 478 g/mol. The van der Waals surface area contributed by atoms with Gasteiger partial charge >= 0.3 is 0 Å². The van der Waals surface area contributed by atoms with E-state index in [1.165, 1.54) is 0 Å². The van der Waals surface area contributed by atoms with Gasteiger partial charge in [-0.15, -0.1) is 11.3 Å². The molecule has 2 amide bonds. The number of hydrogen-bond donors (Lipinski definition) is 2. The van der Waals surface area contributed by atoms with E-state index in [9.17, 15) is 9.59 Å². The highest BCUT2D eigenvalue weighted by atomic mass is 32.1. The van der Waals surface area contributed by atoms with Crippen LogP contribution in [0.5, 0.6) is 0 Å². The van der Waals surface area contributed by atoms with Crippen LogP contribution >= 0.6 is 11.3 Å². The number of hydrogen-bond acceptors (Lipinski definition) is 5. The number of rotatable bonds is 7. The van der Waals surface area contributed by atoms with Gasteiger partial charge in [0.25, 0.3) is 11.8 Å². The third-order valence-electron chi connectivity index (χ3n) is 6.96. The Kier molecular flexibility index (Phi) is 6.27. The average Bonchev–Trinajstić information content (AvgIpc) is 3.58.